The number of hydrogen-bond donors (Lipinski definition) is 1. The Kier molecular flexibility index (Phi) is 3.82. The fourth-order valence-electron chi connectivity index (χ4n) is 1.04. The van der Waals surface area contributed by atoms with Gasteiger partial charge in [0.2, 0.25) is 0 Å². The van der Waals surface area contributed by atoms with Crippen LogP contribution in [0.5, 0.6) is 0 Å². The van der Waals surface area contributed by atoms with Gasteiger partial charge in [0.25, 0.3) is 0 Å². The molecule has 0 fully saturated rings. The Hall–Kier alpha value is -0.970. The molecule has 1 aromatic rings. The molecule has 0 saturated heterocycles. The van der Waals surface area contributed by atoms with Crippen molar-refractivity contribution in [3.05, 3.63) is 5.82 Å². The third-order valence-electron chi connectivity index (χ3n) is 1.63. The van der Waals surface area contributed by atoms with Crippen LogP contribution in [0.2, 0.25) is 0 Å². The van der Waals surface area contributed by atoms with Gasteiger partial charge in [-0.3, -0.25) is 0 Å². The van der Waals surface area contributed by atoms with Gasteiger partial charge in [-0.1, -0.05) is 13.8 Å². The molecule has 0 atom stereocenters. The second-order valence-corrected chi connectivity index (χ2v) is 3.55. The van der Waals surface area contributed by atoms with Gasteiger partial charge in [-0.25, -0.2) is 0 Å². The highest BCUT2D eigenvalue weighted by molar-refractivity contribution is 4.76. The molecule has 0 unspecified atom stereocenters. The largest absolute Gasteiger partial charge is 0.330 e. The lowest BCUT2D eigenvalue weighted by molar-refractivity contribution is 0.428. The van der Waals surface area contributed by atoms with E-state index in [1.54, 1.807) is 4.80 Å². The highest BCUT2D eigenvalue weighted by atomic mass is 15.6. The molecule has 74 valence electrons. The maximum atomic E-state index is 5.38. The van der Waals surface area contributed by atoms with E-state index in [2.05, 4.69) is 29.3 Å². The van der Waals surface area contributed by atoms with Crippen LogP contribution in [-0.2, 0) is 13.0 Å². The lowest BCUT2D eigenvalue weighted by atomic mass is 10.2. The van der Waals surface area contributed by atoms with Crippen molar-refractivity contribution >= 4 is 0 Å². The van der Waals surface area contributed by atoms with Crippen molar-refractivity contribution in [2.75, 3.05) is 6.54 Å². The van der Waals surface area contributed by atoms with E-state index < -0.39 is 0 Å². The van der Waals surface area contributed by atoms with Crippen molar-refractivity contribution in [1.29, 1.82) is 0 Å². The predicted molar refractivity (Wildman–Crippen MR) is 50.0 cm³/mol. The Balaban J connectivity index is 2.44. The average Bonchev–Trinajstić information content (AvgIpc) is 2.48. The number of aryl methyl sites for hydroxylation is 1. The second kappa shape index (κ2) is 4.91. The Morgan fingerprint density at radius 1 is 1.46 bits per heavy atom. The average molecular weight is 183 g/mol. The molecule has 0 saturated carbocycles. The fourth-order valence-corrected chi connectivity index (χ4v) is 1.04. The standard InChI is InChI=1S/C8H17N5/c1-7(2)6-13-11-8(10-12-13)4-3-5-9/h7H,3-6,9H2,1-2H3. The van der Waals surface area contributed by atoms with Crippen molar-refractivity contribution in [1.82, 2.24) is 20.2 Å². The predicted octanol–water partition coefficient (Wildman–Crippen LogP) is 0.220. The first-order valence-corrected chi connectivity index (χ1v) is 4.69. The van der Waals surface area contributed by atoms with Crippen LogP contribution in [0.1, 0.15) is 26.1 Å². The summed E-state index contributed by atoms with van der Waals surface area (Å²) in [6.07, 6.45) is 1.75. The van der Waals surface area contributed by atoms with E-state index in [0.29, 0.717) is 12.5 Å². The van der Waals surface area contributed by atoms with Gasteiger partial charge >= 0.3 is 0 Å². The topological polar surface area (TPSA) is 69.6 Å². The third-order valence-corrected chi connectivity index (χ3v) is 1.63. The monoisotopic (exact) mass is 183 g/mol. The van der Waals surface area contributed by atoms with Gasteiger partial charge in [-0.05, 0) is 24.1 Å². The molecule has 0 bridgehead atoms. The number of aromatic nitrogens is 4. The Morgan fingerprint density at radius 2 is 2.23 bits per heavy atom. The van der Waals surface area contributed by atoms with Crippen molar-refractivity contribution in [2.45, 2.75) is 33.2 Å². The summed E-state index contributed by atoms with van der Waals surface area (Å²) in [5.41, 5.74) is 5.38. The highest BCUT2D eigenvalue weighted by Crippen LogP contribution is 1.96. The minimum absolute atomic E-state index is 0.552. The second-order valence-electron chi connectivity index (χ2n) is 3.55. The summed E-state index contributed by atoms with van der Waals surface area (Å²) in [6.45, 7) is 5.76. The van der Waals surface area contributed by atoms with Crippen LogP contribution in [0.3, 0.4) is 0 Å². The minimum atomic E-state index is 0.552. The SMILES string of the molecule is CC(C)Cn1nnc(CCCN)n1. The van der Waals surface area contributed by atoms with Gasteiger partial charge in [0.15, 0.2) is 5.82 Å². The first kappa shape index (κ1) is 10.1. The Bertz CT molecular complexity index is 242. The summed E-state index contributed by atoms with van der Waals surface area (Å²) in [5.74, 6) is 1.35. The van der Waals surface area contributed by atoms with E-state index in [9.17, 15) is 0 Å². The molecule has 5 heteroatoms. The molecule has 13 heavy (non-hydrogen) atoms. The molecule has 0 radical (unpaired) electrons. The van der Waals surface area contributed by atoms with Crippen LogP contribution in [0.4, 0.5) is 0 Å². The smallest absolute Gasteiger partial charge is 0.174 e. The molecule has 5 nitrogen and oxygen atoms in total. The molecule has 0 amide bonds. The van der Waals surface area contributed by atoms with E-state index in [1.165, 1.54) is 0 Å². The van der Waals surface area contributed by atoms with Crippen molar-refractivity contribution < 1.29 is 0 Å². The molecule has 0 aliphatic heterocycles. The van der Waals surface area contributed by atoms with E-state index in [0.717, 1.165) is 25.2 Å². The number of tetrazole rings is 1. The van der Waals surface area contributed by atoms with Gasteiger partial charge < -0.3 is 5.73 Å². The van der Waals surface area contributed by atoms with E-state index in [1.807, 2.05) is 0 Å². The van der Waals surface area contributed by atoms with Crippen LogP contribution in [-0.4, -0.2) is 26.8 Å². The van der Waals surface area contributed by atoms with Gasteiger partial charge in [-0.2, -0.15) is 4.80 Å². The van der Waals surface area contributed by atoms with Gasteiger partial charge in [0, 0.05) is 6.42 Å². The molecule has 0 spiro atoms. The molecule has 1 aromatic heterocycles. The van der Waals surface area contributed by atoms with E-state index in [4.69, 9.17) is 5.73 Å². The molecular formula is C8H17N5. The molecular weight excluding hydrogens is 166 g/mol. The van der Waals surface area contributed by atoms with Gasteiger partial charge in [-0.15, -0.1) is 10.2 Å². The Morgan fingerprint density at radius 3 is 2.85 bits per heavy atom. The lowest BCUT2D eigenvalue weighted by Gasteiger charge is -2.00. The van der Waals surface area contributed by atoms with Crippen molar-refractivity contribution in [3.63, 3.8) is 0 Å². The lowest BCUT2D eigenvalue weighted by Crippen LogP contribution is -2.08. The normalized spacial score (nSPS) is 11.1. The highest BCUT2D eigenvalue weighted by Gasteiger charge is 2.03. The summed E-state index contributed by atoms with van der Waals surface area (Å²) in [7, 11) is 0. The maximum Gasteiger partial charge on any atom is 0.174 e. The maximum absolute atomic E-state index is 5.38. The van der Waals surface area contributed by atoms with Crippen molar-refractivity contribution in [2.24, 2.45) is 11.7 Å². The molecule has 0 aromatic carbocycles. The minimum Gasteiger partial charge on any atom is -0.330 e. The molecule has 1 rings (SSSR count). The number of rotatable bonds is 5. The Labute approximate surface area is 78.3 Å². The number of nitrogens with zero attached hydrogens (tertiary/aromatic N) is 4. The van der Waals surface area contributed by atoms with Gasteiger partial charge in [0.1, 0.15) is 0 Å². The first-order chi connectivity index (χ1) is 6.22. The molecule has 1 heterocycles. The zero-order chi connectivity index (χ0) is 9.68. The summed E-state index contributed by atoms with van der Waals surface area (Å²) in [5, 5.41) is 12.1. The summed E-state index contributed by atoms with van der Waals surface area (Å²) >= 11 is 0. The molecule has 0 aliphatic rings. The van der Waals surface area contributed by atoms with Gasteiger partial charge in [0.05, 0.1) is 6.54 Å². The number of hydrogen-bond acceptors (Lipinski definition) is 4. The molecule has 0 aliphatic carbocycles. The van der Waals surface area contributed by atoms with E-state index >= 15 is 0 Å². The summed E-state index contributed by atoms with van der Waals surface area (Å²) < 4.78 is 0. The zero-order valence-corrected chi connectivity index (χ0v) is 8.27. The third kappa shape index (κ3) is 3.50. The van der Waals surface area contributed by atoms with Crippen LogP contribution in [0, 0.1) is 5.92 Å². The first-order valence-electron chi connectivity index (χ1n) is 4.69. The van der Waals surface area contributed by atoms with E-state index in [-0.39, 0.29) is 0 Å². The van der Waals surface area contributed by atoms with Crippen molar-refractivity contribution in [3.8, 4) is 0 Å². The molecule has 2 N–H and O–H groups in total. The van der Waals surface area contributed by atoms with Crippen LogP contribution < -0.4 is 5.73 Å². The number of nitrogens with two attached hydrogens (primary N) is 1. The van der Waals surface area contributed by atoms with Crippen LogP contribution in [0.25, 0.3) is 0 Å². The quantitative estimate of drug-likeness (QED) is 0.709. The summed E-state index contributed by atoms with van der Waals surface area (Å²) in [6, 6.07) is 0. The van der Waals surface area contributed by atoms with Crippen LogP contribution in [0.15, 0.2) is 0 Å². The zero-order valence-electron chi connectivity index (χ0n) is 8.27. The van der Waals surface area contributed by atoms with Crippen LogP contribution >= 0.6 is 0 Å². The summed E-state index contributed by atoms with van der Waals surface area (Å²) in [4.78, 5) is 1.65. The fraction of sp³-hybridized carbons (Fsp3) is 0.875.